The molecule has 2 aromatic rings. The topological polar surface area (TPSA) is 112 Å². The predicted molar refractivity (Wildman–Crippen MR) is 128 cm³/mol. The molecule has 1 aliphatic heterocycles. The van der Waals surface area contributed by atoms with Crippen molar-refractivity contribution in [2.75, 3.05) is 44.7 Å². The molecule has 166 valence electrons. The maximum Gasteiger partial charge on any atom is 0.250 e. The predicted octanol–water partition coefficient (Wildman–Crippen LogP) is 0.611. The van der Waals surface area contributed by atoms with Gasteiger partial charge in [-0.2, -0.15) is 5.10 Å². The van der Waals surface area contributed by atoms with Crippen LogP contribution in [-0.4, -0.2) is 74.7 Å². The molecule has 3 heterocycles. The fourth-order valence-corrected chi connectivity index (χ4v) is 5.35. The first kappa shape index (κ1) is 24.6. The molecule has 1 amide bonds. The van der Waals surface area contributed by atoms with Crippen molar-refractivity contribution in [1.82, 2.24) is 24.7 Å². The van der Waals surface area contributed by atoms with Crippen molar-refractivity contribution in [1.29, 1.82) is 0 Å². The van der Waals surface area contributed by atoms with Crippen molar-refractivity contribution in [3.63, 3.8) is 0 Å². The summed E-state index contributed by atoms with van der Waals surface area (Å²) in [6, 6.07) is 3.38. The fourth-order valence-electron chi connectivity index (χ4n) is 2.99. The summed E-state index contributed by atoms with van der Waals surface area (Å²) in [5, 5.41) is 7.22. The standard InChI is InChI=1S/C17H25N7O3S2.HI/c1-13-4-5-16(28-13)29(26,27)21-7-6-19-17(18-2)23-8-9-24(15(25)12-23)14-10-20-22(3)11-14;/h4-5,10-11,21H,6-9,12H2,1-3H3,(H,18,19);1H. The summed E-state index contributed by atoms with van der Waals surface area (Å²) in [5.74, 6) is 0.524. The highest BCUT2D eigenvalue weighted by molar-refractivity contribution is 14.0. The number of hydrogen-bond acceptors (Lipinski definition) is 6. The molecule has 1 saturated heterocycles. The van der Waals surface area contributed by atoms with Gasteiger partial charge in [0.25, 0.3) is 0 Å². The minimum absolute atomic E-state index is 0. The van der Waals surface area contributed by atoms with Crippen LogP contribution in [0, 0.1) is 6.92 Å². The first-order chi connectivity index (χ1) is 13.8. The van der Waals surface area contributed by atoms with Crippen molar-refractivity contribution < 1.29 is 13.2 Å². The van der Waals surface area contributed by atoms with Gasteiger partial charge in [-0.1, -0.05) is 0 Å². The largest absolute Gasteiger partial charge is 0.355 e. The van der Waals surface area contributed by atoms with Gasteiger partial charge in [0.1, 0.15) is 10.8 Å². The lowest BCUT2D eigenvalue weighted by Crippen LogP contribution is -2.55. The fraction of sp³-hybridized carbons (Fsp3) is 0.471. The number of hydrogen-bond donors (Lipinski definition) is 2. The summed E-state index contributed by atoms with van der Waals surface area (Å²) < 4.78 is 29.0. The summed E-state index contributed by atoms with van der Waals surface area (Å²) in [4.78, 5) is 21.2. The number of thiophene rings is 1. The Hall–Kier alpha value is -1.71. The SMILES string of the molecule is CN=C(NCCNS(=O)(=O)c1ccc(C)s1)N1CCN(c2cnn(C)c2)C(=O)C1.I. The molecule has 1 aliphatic rings. The summed E-state index contributed by atoms with van der Waals surface area (Å²) in [6.07, 6.45) is 3.48. The maximum atomic E-state index is 12.5. The number of guanidine groups is 1. The van der Waals surface area contributed by atoms with Crippen LogP contribution in [0.4, 0.5) is 5.69 Å². The van der Waals surface area contributed by atoms with Crippen LogP contribution in [0.15, 0.2) is 33.7 Å². The number of anilines is 1. The monoisotopic (exact) mass is 567 g/mol. The van der Waals surface area contributed by atoms with Crippen molar-refractivity contribution in [3.8, 4) is 0 Å². The molecule has 10 nitrogen and oxygen atoms in total. The van der Waals surface area contributed by atoms with Gasteiger partial charge in [-0.25, -0.2) is 13.1 Å². The smallest absolute Gasteiger partial charge is 0.250 e. The van der Waals surface area contributed by atoms with Crippen molar-refractivity contribution in [2.45, 2.75) is 11.1 Å². The number of halogens is 1. The van der Waals surface area contributed by atoms with Crippen LogP contribution in [0.2, 0.25) is 0 Å². The average molecular weight is 567 g/mol. The number of rotatable bonds is 6. The van der Waals surface area contributed by atoms with Gasteiger partial charge in [-0.05, 0) is 19.1 Å². The Kier molecular flexibility index (Phi) is 8.63. The van der Waals surface area contributed by atoms with Crippen LogP contribution < -0.4 is 14.9 Å². The van der Waals surface area contributed by atoms with Gasteiger partial charge in [0.2, 0.25) is 15.9 Å². The van der Waals surface area contributed by atoms with Crippen LogP contribution in [0.5, 0.6) is 0 Å². The number of aromatic nitrogens is 2. The normalized spacial score (nSPS) is 15.3. The second-order valence-electron chi connectivity index (χ2n) is 6.58. The highest BCUT2D eigenvalue weighted by atomic mass is 127. The maximum absolute atomic E-state index is 12.5. The van der Waals surface area contributed by atoms with Crippen molar-refractivity contribution >= 4 is 62.9 Å². The van der Waals surface area contributed by atoms with Crippen molar-refractivity contribution in [2.24, 2.45) is 12.0 Å². The number of carbonyl (C=O) groups excluding carboxylic acids is 1. The lowest BCUT2D eigenvalue weighted by atomic mass is 10.3. The Balaban J connectivity index is 0.00000320. The van der Waals surface area contributed by atoms with Crippen molar-refractivity contribution in [3.05, 3.63) is 29.4 Å². The Morgan fingerprint density at radius 2 is 2.07 bits per heavy atom. The third-order valence-electron chi connectivity index (χ3n) is 4.42. The summed E-state index contributed by atoms with van der Waals surface area (Å²) in [6.45, 7) is 3.75. The highest BCUT2D eigenvalue weighted by Gasteiger charge is 2.27. The molecule has 0 aromatic carbocycles. The van der Waals surface area contributed by atoms with E-state index in [-0.39, 0.29) is 43.0 Å². The van der Waals surface area contributed by atoms with Gasteiger partial charge in [0, 0.05) is 51.3 Å². The number of aryl methyl sites for hydroxylation is 2. The van der Waals surface area contributed by atoms with Gasteiger partial charge >= 0.3 is 0 Å². The first-order valence-electron chi connectivity index (χ1n) is 9.11. The summed E-state index contributed by atoms with van der Waals surface area (Å²) in [5.41, 5.74) is 0.776. The number of nitrogens with zero attached hydrogens (tertiary/aromatic N) is 5. The van der Waals surface area contributed by atoms with E-state index in [1.54, 1.807) is 35.0 Å². The quantitative estimate of drug-likeness (QED) is 0.229. The number of nitrogens with one attached hydrogen (secondary N) is 2. The van der Waals surface area contributed by atoms with Gasteiger partial charge in [0.05, 0.1) is 11.9 Å². The van der Waals surface area contributed by atoms with E-state index < -0.39 is 10.0 Å². The minimum atomic E-state index is -3.51. The van der Waals surface area contributed by atoms with E-state index >= 15 is 0 Å². The molecule has 13 heteroatoms. The molecule has 30 heavy (non-hydrogen) atoms. The molecule has 0 bridgehead atoms. The van der Waals surface area contributed by atoms with Gasteiger partial charge in [-0.15, -0.1) is 35.3 Å². The van der Waals surface area contributed by atoms with E-state index in [0.29, 0.717) is 29.8 Å². The van der Waals surface area contributed by atoms with E-state index in [0.717, 1.165) is 10.6 Å². The van der Waals surface area contributed by atoms with E-state index in [1.165, 1.54) is 11.3 Å². The van der Waals surface area contributed by atoms with E-state index in [9.17, 15) is 13.2 Å². The molecule has 0 aliphatic carbocycles. The zero-order valence-electron chi connectivity index (χ0n) is 17.0. The molecule has 0 spiro atoms. The van der Waals surface area contributed by atoms with E-state index in [1.807, 2.05) is 25.1 Å². The zero-order chi connectivity index (χ0) is 21.0. The minimum Gasteiger partial charge on any atom is -0.355 e. The molecule has 3 rings (SSSR count). The molecule has 1 fully saturated rings. The number of amides is 1. The van der Waals surface area contributed by atoms with Crippen LogP contribution in [0.25, 0.3) is 0 Å². The molecule has 0 unspecified atom stereocenters. The van der Waals surface area contributed by atoms with Gasteiger partial charge in [0.15, 0.2) is 5.96 Å². The summed E-state index contributed by atoms with van der Waals surface area (Å²) >= 11 is 1.24. The lowest BCUT2D eigenvalue weighted by molar-refractivity contribution is -0.120. The molecule has 2 aromatic heterocycles. The number of sulfonamides is 1. The van der Waals surface area contributed by atoms with E-state index in [2.05, 4.69) is 20.1 Å². The molecule has 0 atom stereocenters. The summed E-state index contributed by atoms with van der Waals surface area (Å²) in [7, 11) is -0.0602. The molecule has 0 saturated carbocycles. The molecular weight excluding hydrogens is 541 g/mol. The molecule has 2 N–H and O–H groups in total. The lowest BCUT2D eigenvalue weighted by Gasteiger charge is -2.35. The average Bonchev–Trinajstić information content (AvgIpc) is 3.30. The van der Waals surface area contributed by atoms with Crippen LogP contribution in [-0.2, 0) is 21.9 Å². The first-order valence-corrected chi connectivity index (χ1v) is 11.4. The van der Waals surface area contributed by atoms with Crippen LogP contribution >= 0.6 is 35.3 Å². The third kappa shape index (κ3) is 5.92. The number of piperazine rings is 1. The third-order valence-corrected chi connectivity index (χ3v) is 7.37. The second-order valence-corrected chi connectivity index (χ2v) is 9.86. The molecular formula is C17H26IN7O3S2. The Labute approximate surface area is 197 Å². The van der Waals surface area contributed by atoms with Crippen LogP contribution in [0.1, 0.15) is 4.88 Å². The van der Waals surface area contributed by atoms with E-state index in [4.69, 9.17) is 0 Å². The Morgan fingerprint density at radius 1 is 1.30 bits per heavy atom. The Bertz CT molecular complexity index is 1000. The Morgan fingerprint density at radius 3 is 2.63 bits per heavy atom. The number of carbonyl (C=O) groups is 1. The highest BCUT2D eigenvalue weighted by Crippen LogP contribution is 2.20. The van der Waals surface area contributed by atoms with Gasteiger partial charge in [-0.3, -0.25) is 14.5 Å². The second kappa shape index (κ2) is 10.5. The van der Waals surface area contributed by atoms with Gasteiger partial charge < -0.3 is 15.1 Å². The molecule has 0 radical (unpaired) electrons. The number of aliphatic imine (C=N–C) groups is 1. The van der Waals surface area contributed by atoms with Crippen LogP contribution in [0.3, 0.4) is 0 Å². The zero-order valence-corrected chi connectivity index (χ0v) is 21.0.